The third-order valence-corrected chi connectivity index (χ3v) is 4.51. The molecule has 1 aliphatic rings. The Bertz CT molecular complexity index is 425. The molecule has 1 heterocycles. The maximum atomic E-state index is 6.08. The number of nitrogens with zero attached hydrogens (tertiary/aromatic N) is 1. The first-order valence-electron chi connectivity index (χ1n) is 7.66. The average Bonchev–Trinajstić information content (AvgIpc) is 2.45. The fourth-order valence-corrected chi connectivity index (χ4v) is 3.26. The van der Waals surface area contributed by atoms with Crippen LogP contribution in [0.5, 0.6) is 0 Å². The maximum Gasteiger partial charge on any atom is 0.0491 e. The van der Waals surface area contributed by atoms with Crippen LogP contribution in [0, 0.1) is 19.8 Å². The van der Waals surface area contributed by atoms with Crippen molar-refractivity contribution in [2.45, 2.75) is 32.7 Å². The van der Waals surface area contributed by atoms with E-state index in [0.717, 1.165) is 19.7 Å². The molecule has 1 aliphatic heterocycles. The topological polar surface area (TPSA) is 38.5 Å². The van der Waals surface area contributed by atoms with E-state index < -0.39 is 0 Å². The smallest absolute Gasteiger partial charge is 0.0491 e. The van der Waals surface area contributed by atoms with E-state index in [1.165, 1.54) is 29.5 Å². The van der Waals surface area contributed by atoms with Crippen molar-refractivity contribution in [3.63, 3.8) is 0 Å². The van der Waals surface area contributed by atoms with Crippen molar-refractivity contribution in [2.75, 3.05) is 33.4 Å². The van der Waals surface area contributed by atoms with Gasteiger partial charge < -0.3 is 10.5 Å². The second kappa shape index (κ2) is 7.21. The van der Waals surface area contributed by atoms with E-state index in [-0.39, 0.29) is 0 Å². The van der Waals surface area contributed by atoms with Crippen molar-refractivity contribution >= 4 is 0 Å². The number of aryl methyl sites for hydroxylation is 2. The second-order valence-electron chi connectivity index (χ2n) is 6.05. The number of methoxy groups -OCH3 is 1. The van der Waals surface area contributed by atoms with Gasteiger partial charge in [0.1, 0.15) is 0 Å². The molecular weight excluding hydrogens is 248 g/mol. The first-order chi connectivity index (χ1) is 9.65. The lowest BCUT2D eigenvalue weighted by atomic mass is 9.92. The molecule has 1 fully saturated rings. The molecule has 0 spiro atoms. The Balaban J connectivity index is 2.07. The molecule has 20 heavy (non-hydrogen) atoms. The predicted octanol–water partition coefficient (Wildman–Crippen LogP) is 2.66. The second-order valence-corrected chi connectivity index (χ2v) is 6.05. The summed E-state index contributed by atoms with van der Waals surface area (Å²) in [5.74, 6) is 0.716. The molecule has 0 aromatic heterocycles. The minimum atomic E-state index is 0.360. The molecule has 0 saturated carbocycles. The summed E-state index contributed by atoms with van der Waals surface area (Å²) in [4.78, 5) is 2.55. The number of hydrogen-bond acceptors (Lipinski definition) is 3. The van der Waals surface area contributed by atoms with Gasteiger partial charge in [0.25, 0.3) is 0 Å². The van der Waals surface area contributed by atoms with E-state index in [4.69, 9.17) is 10.5 Å². The highest BCUT2D eigenvalue weighted by Crippen LogP contribution is 2.28. The molecule has 3 nitrogen and oxygen atoms in total. The van der Waals surface area contributed by atoms with Gasteiger partial charge in [0.15, 0.2) is 0 Å². The van der Waals surface area contributed by atoms with Gasteiger partial charge in [-0.25, -0.2) is 0 Å². The molecule has 2 rings (SSSR count). The van der Waals surface area contributed by atoms with Crippen LogP contribution in [0.1, 0.15) is 35.6 Å². The highest BCUT2D eigenvalue weighted by atomic mass is 16.5. The lowest BCUT2D eigenvalue weighted by Gasteiger charge is -2.37. The Kier molecular flexibility index (Phi) is 5.58. The van der Waals surface area contributed by atoms with Crippen LogP contribution in [0.3, 0.4) is 0 Å². The Morgan fingerprint density at radius 3 is 2.60 bits per heavy atom. The molecule has 0 radical (unpaired) electrons. The normalized spacial score (nSPS) is 19.2. The molecule has 1 aromatic rings. The highest BCUT2D eigenvalue weighted by molar-refractivity contribution is 5.33. The molecular formula is C17H28N2O. The Morgan fingerprint density at radius 2 is 2.00 bits per heavy atom. The first-order valence-corrected chi connectivity index (χ1v) is 7.66. The van der Waals surface area contributed by atoms with Gasteiger partial charge in [0.2, 0.25) is 0 Å². The van der Waals surface area contributed by atoms with Crippen LogP contribution in [0.2, 0.25) is 0 Å². The number of benzene rings is 1. The highest BCUT2D eigenvalue weighted by Gasteiger charge is 2.26. The Labute approximate surface area is 123 Å². The van der Waals surface area contributed by atoms with Crippen LogP contribution in [0.4, 0.5) is 0 Å². The van der Waals surface area contributed by atoms with Gasteiger partial charge in [-0.15, -0.1) is 0 Å². The zero-order valence-corrected chi connectivity index (χ0v) is 13.1. The van der Waals surface area contributed by atoms with Crippen molar-refractivity contribution in [2.24, 2.45) is 11.7 Å². The van der Waals surface area contributed by atoms with Gasteiger partial charge in [-0.2, -0.15) is 0 Å². The molecule has 2 N–H and O–H groups in total. The number of hydrogen-bond donors (Lipinski definition) is 1. The lowest BCUT2D eigenvalue weighted by molar-refractivity contribution is 0.0809. The molecule has 112 valence electrons. The van der Waals surface area contributed by atoms with Crippen LogP contribution < -0.4 is 5.73 Å². The van der Waals surface area contributed by atoms with Crippen molar-refractivity contribution in [1.82, 2.24) is 4.90 Å². The molecule has 0 bridgehead atoms. The molecule has 1 unspecified atom stereocenters. The van der Waals surface area contributed by atoms with E-state index in [2.05, 4.69) is 36.9 Å². The fourth-order valence-electron chi connectivity index (χ4n) is 3.26. The molecule has 3 heteroatoms. The van der Waals surface area contributed by atoms with Gasteiger partial charge in [0.05, 0.1) is 0 Å². The number of nitrogens with two attached hydrogens (primary N) is 1. The SMILES string of the molecule is COCC1CCN(C(CN)c2cc(C)ccc2C)CC1. The largest absolute Gasteiger partial charge is 0.384 e. The third kappa shape index (κ3) is 3.60. The van der Waals surface area contributed by atoms with Crippen LogP contribution in [0.25, 0.3) is 0 Å². The van der Waals surface area contributed by atoms with Gasteiger partial charge in [-0.1, -0.05) is 23.8 Å². The maximum absolute atomic E-state index is 6.08. The summed E-state index contributed by atoms with van der Waals surface area (Å²) in [6.45, 7) is 8.19. The fraction of sp³-hybridized carbons (Fsp3) is 0.647. The third-order valence-electron chi connectivity index (χ3n) is 4.51. The minimum absolute atomic E-state index is 0.360. The van der Waals surface area contributed by atoms with E-state index in [9.17, 15) is 0 Å². The van der Waals surface area contributed by atoms with Crippen molar-refractivity contribution in [3.05, 3.63) is 34.9 Å². The quantitative estimate of drug-likeness (QED) is 0.898. The molecule has 0 amide bonds. The van der Waals surface area contributed by atoms with Gasteiger partial charge in [0, 0.05) is 26.3 Å². The van der Waals surface area contributed by atoms with E-state index >= 15 is 0 Å². The average molecular weight is 276 g/mol. The van der Waals surface area contributed by atoms with Gasteiger partial charge in [-0.3, -0.25) is 4.90 Å². The number of rotatable bonds is 5. The summed E-state index contributed by atoms with van der Waals surface area (Å²) in [5, 5.41) is 0. The summed E-state index contributed by atoms with van der Waals surface area (Å²) in [5.41, 5.74) is 10.2. The van der Waals surface area contributed by atoms with Crippen LogP contribution in [-0.4, -0.2) is 38.3 Å². The Morgan fingerprint density at radius 1 is 1.30 bits per heavy atom. The molecule has 1 aromatic carbocycles. The zero-order chi connectivity index (χ0) is 14.5. The van der Waals surface area contributed by atoms with Crippen LogP contribution in [-0.2, 0) is 4.74 Å². The number of likely N-dealkylation sites (tertiary alicyclic amines) is 1. The monoisotopic (exact) mass is 276 g/mol. The van der Waals surface area contributed by atoms with Crippen molar-refractivity contribution in [3.8, 4) is 0 Å². The van der Waals surface area contributed by atoms with E-state index in [1.807, 2.05) is 0 Å². The number of ether oxygens (including phenoxy) is 1. The standard InChI is InChI=1S/C17H28N2O/c1-13-4-5-14(2)16(10-13)17(11-18)19-8-6-15(7-9-19)12-20-3/h4-5,10,15,17H,6-9,11-12,18H2,1-3H3. The summed E-state index contributed by atoms with van der Waals surface area (Å²) in [7, 11) is 1.80. The summed E-state index contributed by atoms with van der Waals surface area (Å²) in [6.07, 6.45) is 2.43. The summed E-state index contributed by atoms with van der Waals surface area (Å²) >= 11 is 0. The molecule has 1 saturated heterocycles. The van der Waals surface area contributed by atoms with Crippen molar-refractivity contribution in [1.29, 1.82) is 0 Å². The van der Waals surface area contributed by atoms with Crippen LogP contribution >= 0.6 is 0 Å². The first kappa shape index (κ1) is 15.5. The number of piperidine rings is 1. The summed E-state index contributed by atoms with van der Waals surface area (Å²) in [6, 6.07) is 7.05. The van der Waals surface area contributed by atoms with Crippen LogP contribution in [0.15, 0.2) is 18.2 Å². The van der Waals surface area contributed by atoms with E-state index in [1.54, 1.807) is 7.11 Å². The Hall–Kier alpha value is -0.900. The van der Waals surface area contributed by atoms with Gasteiger partial charge in [-0.05, 0) is 56.8 Å². The zero-order valence-electron chi connectivity index (χ0n) is 13.1. The van der Waals surface area contributed by atoms with Gasteiger partial charge >= 0.3 is 0 Å². The van der Waals surface area contributed by atoms with E-state index in [0.29, 0.717) is 18.5 Å². The molecule has 0 aliphatic carbocycles. The lowest BCUT2D eigenvalue weighted by Crippen LogP contribution is -2.40. The predicted molar refractivity (Wildman–Crippen MR) is 83.9 cm³/mol. The molecule has 1 atom stereocenters. The summed E-state index contributed by atoms with van der Waals surface area (Å²) < 4.78 is 5.28. The minimum Gasteiger partial charge on any atom is -0.384 e. The van der Waals surface area contributed by atoms with Crippen molar-refractivity contribution < 1.29 is 4.74 Å².